The van der Waals surface area contributed by atoms with Crippen LogP contribution in [0.3, 0.4) is 0 Å². The molecule has 0 aromatic rings. The third-order valence-corrected chi connectivity index (χ3v) is 2.39. The zero-order valence-electron chi connectivity index (χ0n) is 6.97. The fourth-order valence-corrected chi connectivity index (χ4v) is 1.46. The van der Waals surface area contributed by atoms with E-state index >= 15 is 0 Å². The van der Waals surface area contributed by atoms with Crippen molar-refractivity contribution in [2.24, 2.45) is 11.1 Å². The molecule has 0 saturated heterocycles. The van der Waals surface area contributed by atoms with E-state index in [2.05, 4.69) is 12.1 Å². The van der Waals surface area contributed by atoms with Crippen LogP contribution in [0.4, 0.5) is 0 Å². The van der Waals surface area contributed by atoms with Gasteiger partial charge in [0.05, 0.1) is 6.54 Å². The Balaban J connectivity index is 3.04. The lowest BCUT2D eigenvalue weighted by molar-refractivity contribution is 0.516. The van der Waals surface area contributed by atoms with E-state index in [0.29, 0.717) is 12.5 Å². The summed E-state index contributed by atoms with van der Waals surface area (Å²) >= 11 is 0. The van der Waals surface area contributed by atoms with Crippen molar-refractivity contribution in [1.29, 1.82) is 0 Å². The van der Waals surface area contributed by atoms with Gasteiger partial charge in [-0.1, -0.05) is 31.0 Å². The molecule has 0 N–H and O–H groups in total. The average Bonchev–Trinajstić information content (AvgIpc) is 1.89. The number of nitrogens with zero attached hydrogens (tertiary/aromatic N) is 1. The van der Waals surface area contributed by atoms with Crippen LogP contribution in [0.2, 0.25) is 6.04 Å². The second kappa shape index (κ2) is 6.93. The number of rotatable bonds is 6. The molecule has 0 bridgehead atoms. The molecule has 0 heterocycles. The van der Waals surface area contributed by atoms with Gasteiger partial charge in [0.25, 0.3) is 0 Å². The van der Waals surface area contributed by atoms with Crippen molar-refractivity contribution in [2.45, 2.75) is 32.2 Å². The highest BCUT2D eigenvalue weighted by atomic mass is 28.1. The Hall–Kier alpha value is -0.183. The minimum absolute atomic E-state index is 0.501. The van der Waals surface area contributed by atoms with Crippen LogP contribution in [0, 0.1) is 10.8 Å². The highest BCUT2D eigenvalue weighted by Crippen LogP contribution is 2.08. The van der Waals surface area contributed by atoms with E-state index in [0.717, 1.165) is 0 Å². The molecule has 0 spiro atoms. The molecule has 0 aliphatic carbocycles. The van der Waals surface area contributed by atoms with Gasteiger partial charge < -0.3 is 0 Å². The minimum atomic E-state index is 0.501. The fraction of sp³-hybridized carbons (Fsp3) is 1.00. The second-order valence-corrected chi connectivity index (χ2v) is 3.91. The first-order valence-corrected chi connectivity index (χ1v) is 5.51. The van der Waals surface area contributed by atoms with E-state index in [1.165, 1.54) is 35.5 Å². The van der Waals surface area contributed by atoms with Gasteiger partial charge in [0.2, 0.25) is 0 Å². The molecule has 0 radical (unpaired) electrons. The van der Waals surface area contributed by atoms with Crippen LogP contribution >= 0.6 is 0 Å². The first-order valence-electron chi connectivity index (χ1n) is 4.10. The average molecular weight is 159 g/mol. The molecule has 10 heavy (non-hydrogen) atoms. The molecule has 3 heteroatoms. The molecule has 60 valence electrons. The summed E-state index contributed by atoms with van der Waals surface area (Å²) < 4.78 is 0. The Labute approximate surface area is 65.8 Å². The van der Waals surface area contributed by atoms with Gasteiger partial charge in [-0.15, -0.1) is 0 Å². The molecule has 0 aliphatic heterocycles. The van der Waals surface area contributed by atoms with Crippen molar-refractivity contribution in [3.8, 4) is 0 Å². The predicted octanol–water partition coefficient (Wildman–Crippen LogP) is 1.34. The molecule has 0 aromatic heterocycles. The quantitative estimate of drug-likeness (QED) is 0.327. The number of hydrogen-bond acceptors (Lipinski definition) is 2. The maximum Gasteiger partial charge on any atom is 0.0836 e. The third kappa shape index (κ3) is 5.94. The van der Waals surface area contributed by atoms with Gasteiger partial charge in [-0.25, -0.2) is 0 Å². The largest absolute Gasteiger partial charge is 0.151 e. The van der Waals surface area contributed by atoms with Crippen LogP contribution in [-0.2, 0) is 0 Å². The Kier molecular flexibility index (Phi) is 6.80. The summed E-state index contributed by atoms with van der Waals surface area (Å²) in [7, 11) is 1.32. The Morgan fingerprint density at radius 2 is 2.20 bits per heavy atom. The van der Waals surface area contributed by atoms with Crippen molar-refractivity contribution < 1.29 is 0 Å². The molecule has 1 atom stereocenters. The van der Waals surface area contributed by atoms with Crippen molar-refractivity contribution in [3.05, 3.63) is 4.91 Å². The van der Waals surface area contributed by atoms with Crippen LogP contribution in [0.5, 0.6) is 0 Å². The Morgan fingerprint density at radius 1 is 1.50 bits per heavy atom. The van der Waals surface area contributed by atoms with Crippen LogP contribution in [0.25, 0.3) is 0 Å². The number of nitroso groups, excluding NO2 is 1. The molecule has 0 aromatic carbocycles. The summed E-state index contributed by atoms with van der Waals surface area (Å²) in [6, 6.07) is 1.39. The van der Waals surface area contributed by atoms with Gasteiger partial charge in [0.15, 0.2) is 0 Å². The maximum absolute atomic E-state index is 9.80. The molecular formula is C7H17NOSi. The molecule has 0 aliphatic rings. The first kappa shape index (κ1) is 9.82. The number of hydrogen-bond donors (Lipinski definition) is 0. The van der Waals surface area contributed by atoms with Gasteiger partial charge in [-0.3, -0.25) is 0 Å². The van der Waals surface area contributed by atoms with Crippen LogP contribution < -0.4 is 0 Å². The predicted molar refractivity (Wildman–Crippen MR) is 48.4 cm³/mol. The van der Waals surface area contributed by atoms with Gasteiger partial charge >= 0.3 is 0 Å². The molecular weight excluding hydrogens is 142 g/mol. The van der Waals surface area contributed by atoms with E-state index in [4.69, 9.17) is 0 Å². The van der Waals surface area contributed by atoms with Crippen LogP contribution in [0.15, 0.2) is 5.18 Å². The van der Waals surface area contributed by atoms with Crippen molar-refractivity contribution in [2.75, 3.05) is 6.54 Å². The van der Waals surface area contributed by atoms with Crippen molar-refractivity contribution in [1.82, 2.24) is 0 Å². The molecule has 0 saturated carbocycles. The molecule has 0 rings (SSSR count). The zero-order chi connectivity index (χ0) is 7.82. The lowest BCUT2D eigenvalue weighted by Crippen LogP contribution is -1.97. The van der Waals surface area contributed by atoms with E-state index in [1.807, 2.05) is 0 Å². The van der Waals surface area contributed by atoms with Gasteiger partial charge in [-0.2, -0.15) is 4.91 Å². The molecule has 1 unspecified atom stereocenters. The Bertz CT molecular complexity index is 87.7. The first-order chi connectivity index (χ1) is 4.81. The van der Waals surface area contributed by atoms with Crippen LogP contribution in [-0.4, -0.2) is 16.8 Å². The van der Waals surface area contributed by atoms with E-state index in [-0.39, 0.29) is 0 Å². The van der Waals surface area contributed by atoms with Crippen molar-refractivity contribution in [3.63, 3.8) is 0 Å². The van der Waals surface area contributed by atoms with Gasteiger partial charge in [0.1, 0.15) is 0 Å². The van der Waals surface area contributed by atoms with E-state index in [1.54, 1.807) is 0 Å². The second-order valence-electron chi connectivity index (χ2n) is 2.91. The summed E-state index contributed by atoms with van der Waals surface area (Å²) in [6.07, 6.45) is 3.80. The van der Waals surface area contributed by atoms with E-state index < -0.39 is 0 Å². The topological polar surface area (TPSA) is 29.4 Å². The highest BCUT2D eigenvalue weighted by Gasteiger charge is 1.99. The van der Waals surface area contributed by atoms with E-state index in [9.17, 15) is 4.91 Å². The van der Waals surface area contributed by atoms with Gasteiger partial charge in [0, 0.05) is 10.2 Å². The monoisotopic (exact) mass is 159 g/mol. The zero-order valence-corrected chi connectivity index (χ0v) is 8.97. The lowest BCUT2D eigenvalue weighted by atomic mass is 10.1. The normalized spacial score (nSPS) is 13.3. The smallest absolute Gasteiger partial charge is 0.0836 e. The third-order valence-electron chi connectivity index (χ3n) is 1.69. The lowest BCUT2D eigenvalue weighted by Gasteiger charge is -2.04. The Morgan fingerprint density at radius 3 is 2.70 bits per heavy atom. The maximum atomic E-state index is 9.80. The molecule has 0 amide bonds. The standard InChI is InChI=1S/C7H17NOSi/c1-7(6-8-9)4-2-3-5-10/h7H,2-6H2,1,10H3. The summed E-state index contributed by atoms with van der Waals surface area (Å²) in [4.78, 5) is 9.80. The number of unbranched alkanes of at least 4 members (excludes halogenated alkanes) is 1. The highest BCUT2D eigenvalue weighted by molar-refractivity contribution is 6.08. The molecule has 2 nitrogen and oxygen atoms in total. The van der Waals surface area contributed by atoms with Gasteiger partial charge in [-0.05, 0) is 12.3 Å². The van der Waals surface area contributed by atoms with Crippen LogP contribution in [0.1, 0.15) is 26.2 Å². The fourth-order valence-electron chi connectivity index (χ4n) is 0.961. The summed E-state index contributed by atoms with van der Waals surface area (Å²) in [5.74, 6) is 0.505. The van der Waals surface area contributed by atoms with Crippen molar-refractivity contribution >= 4 is 10.2 Å². The summed E-state index contributed by atoms with van der Waals surface area (Å²) in [5.41, 5.74) is 0. The molecule has 0 fully saturated rings. The minimum Gasteiger partial charge on any atom is -0.151 e. The summed E-state index contributed by atoms with van der Waals surface area (Å²) in [6.45, 7) is 2.59. The summed E-state index contributed by atoms with van der Waals surface area (Å²) in [5, 5.41) is 2.87. The SMILES string of the molecule is CC(CCCC[SiH3])CN=O.